The van der Waals surface area contributed by atoms with Crippen LogP contribution >= 0.6 is 44.2 Å². The molecule has 0 aliphatic carbocycles. The number of nitrogens with two attached hydrogens (primary N) is 2. The van der Waals surface area contributed by atoms with E-state index in [4.69, 9.17) is 20.9 Å². The lowest BCUT2D eigenvalue weighted by molar-refractivity contribution is -0.646. The molecule has 286 valence electrons. The molecular formula is C21H30N10O16P3S2+. The zero-order valence-electron chi connectivity index (χ0n) is 26.0. The number of nitrogens with one attached hydrogen (secondary N) is 1. The second-order valence-corrected chi connectivity index (χ2v) is 20.9. The maximum Gasteiger partial charge on any atom is 0.487 e. The topological polar surface area (TPSA) is 400 Å². The number of rotatable bonds is 12. The van der Waals surface area contributed by atoms with Gasteiger partial charge in [-0.05, 0) is 22.8 Å². The second kappa shape index (κ2) is 14.2. The Morgan fingerprint density at radius 3 is 1.98 bits per heavy atom. The molecule has 0 amide bonds. The van der Waals surface area contributed by atoms with Crippen molar-refractivity contribution in [2.45, 2.75) is 49.1 Å². The monoisotopic (exact) mass is 835 g/mol. The van der Waals surface area contributed by atoms with Gasteiger partial charge in [0, 0.05) is 11.5 Å². The molecule has 0 saturated carbocycles. The van der Waals surface area contributed by atoms with Crippen molar-refractivity contribution in [3.63, 3.8) is 0 Å². The summed E-state index contributed by atoms with van der Waals surface area (Å²) in [4.78, 5) is 60.4. The number of H-pyrrole nitrogens is 1. The number of aryl methyl sites for hydroxylation is 1. The molecule has 4 aromatic rings. The Morgan fingerprint density at radius 1 is 0.885 bits per heavy atom. The third-order valence-corrected chi connectivity index (χ3v) is 16.6. The van der Waals surface area contributed by atoms with Crippen LogP contribution < -0.4 is 21.6 Å². The fourth-order valence-corrected chi connectivity index (χ4v) is 13.9. The zero-order chi connectivity index (χ0) is 38.1. The van der Waals surface area contributed by atoms with Crippen LogP contribution in [0.25, 0.3) is 22.3 Å². The molecule has 31 heteroatoms. The number of aromatic hydroxyl groups is 1. The van der Waals surface area contributed by atoms with E-state index < -0.39 is 93.4 Å². The number of aromatic nitrogens is 8. The fourth-order valence-electron chi connectivity index (χ4n) is 5.41. The van der Waals surface area contributed by atoms with E-state index in [1.165, 1.54) is 22.5 Å². The highest BCUT2D eigenvalue weighted by Crippen LogP contribution is 2.74. The number of hydrogen-bond donors (Lipinski definition) is 11. The number of nitrogen functional groups attached to an aromatic ring is 2. The zero-order valence-corrected chi connectivity index (χ0v) is 30.3. The van der Waals surface area contributed by atoms with E-state index in [2.05, 4.69) is 33.5 Å². The van der Waals surface area contributed by atoms with E-state index in [-0.39, 0.29) is 57.0 Å². The van der Waals surface area contributed by atoms with E-state index in [0.29, 0.717) is 0 Å². The minimum Gasteiger partial charge on any atom is -0.490 e. The van der Waals surface area contributed by atoms with Gasteiger partial charge >= 0.3 is 21.4 Å². The summed E-state index contributed by atoms with van der Waals surface area (Å²) in [5.74, 6) is -2.36. The third-order valence-electron chi connectivity index (χ3n) is 7.65. The van der Waals surface area contributed by atoms with Gasteiger partial charge in [-0.15, -0.1) is 0 Å². The van der Waals surface area contributed by atoms with Crippen molar-refractivity contribution in [1.29, 1.82) is 0 Å². The minimum atomic E-state index is -5.79. The van der Waals surface area contributed by atoms with Gasteiger partial charge < -0.3 is 61.2 Å². The molecule has 0 radical (unpaired) electrons. The molecule has 52 heavy (non-hydrogen) atoms. The number of nitrogens with zero attached hydrogens (tertiary/aromatic N) is 7. The maximum absolute atomic E-state index is 12.7. The Kier molecular flexibility index (Phi) is 10.6. The van der Waals surface area contributed by atoms with Crippen molar-refractivity contribution >= 4 is 78.4 Å². The van der Waals surface area contributed by atoms with Gasteiger partial charge in [-0.25, -0.2) is 23.2 Å². The Labute approximate surface area is 296 Å². The number of fused-ring (bicyclic) bond motifs is 2. The van der Waals surface area contributed by atoms with Crippen molar-refractivity contribution < 1.29 is 76.6 Å². The van der Waals surface area contributed by atoms with Crippen molar-refractivity contribution in [1.82, 2.24) is 34.1 Å². The maximum atomic E-state index is 12.7. The van der Waals surface area contributed by atoms with Crippen LogP contribution in [-0.2, 0) is 38.8 Å². The van der Waals surface area contributed by atoms with Gasteiger partial charge in [-0.1, -0.05) is 0 Å². The van der Waals surface area contributed by atoms with Gasteiger partial charge in [0.1, 0.15) is 30.5 Å². The molecule has 2 aliphatic rings. The number of aromatic amines is 1. The SMILES string of the molecule is C[n+]1cn([C@@H]2O[C@H](CSP(=O)(O)OP(=O)(O)OP(=O)(O)SC[C@H]3O[C@@H](n4cnc5c(=O)[nH]c(N)nc54)C(O)C3O)[C@H](O)[C@@H]2O)c2nc(N)nc(O)c21. The average Bonchev–Trinajstić information content (AvgIpc) is 3.74. The highest BCUT2D eigenvalue weighted by Gasteiger charge is 2.50. The van der Waals surface area contributed by atoms with Crippen molar-refractivity contribution in [3.05, 3.63) is 23.0 Å². The summed E-state index contributed by atoms with van der Waals surface area (Å²) in [7, 11) is -4.28. The third kappa shape index (κ3) is 7.74. The summed E-state index contributed by atoms with van der Waals surface area (Å²) < 4.78 is 61.5. The summed E-state index contributed by atoms with van der Waals surface area (Å²) in [6.45, 7) is -10.4. The van der Waals surface area contributed by atoms with E-state index >= 15 is 0 Å². The lowest BCUT2D eigenvalue weighted by Gasteiger charge is -2.20. The summed E-state index contributed by atoms with van der Waals surface area (Å²) >= 11 is -0.0907. The number of aliphatic hydroxyl groups is 4. The van der Waals surface area contributed by atoms with Crippen molar-refractivity contribution in [2.75, 3.05) is 23.0 Å². The van der Waals surface area contributed by atoms with Crippen LogP contribution in [0, 0.1) is 0 Å². The predicted molar refractivity (Wildman–Crippen MR) is 176 cm³/mol. The molecule has 2 fully saturated rings. The minimum absolute atomic E-state index is 0.00964. The van der Waals surface area contributed by atoms with E-state index in [0.717, 1.165) is 10.9 Å². The van der Waals surface area contributed by atoms with E-state index in [1.54, 1.807) is 0 Å². The summed E-state index contributed by atoms with van der Waals surface area (Å²) in [6.07, 6.45) is -9.88. The molecule has 0 spiro atoms. The first kappa shape index (κ1) is 39.0. The molecule has 4 aromatic heterocycles. The van der Waals surface area contributed by atoms with Crippen LogP contribution in [0.5, 0.6) is 5.88 Å². The number of ether oxygens (including phenoxy) is 2. The lowest BCUT2D eigenvalue weighted by Crippen LogP contribution is -2.33. The molecule has 6 rings (SSSR count). The Balaban J connectivity index is 1.04. The summed E-state index contributed by atoms with van der Waals surface area (Å²) in [6, 6.07) is 0. The molecule has 0 aromatic carbocycles. The number of hydrogen-bond acceptors (Lipinski definition) is 21. The van der Waals surface area contributed by atoms with Gasteiger partial charge in [0.05, 0.1) is 19.5 Å². The van der Waals surface area contributed by atoms with Gasteiger partial charge in [-0.2, -0.15) is 28.1 Å². The molecule has 13 N–H and O–H groups in total. The molecular weight excluding hydrogens is 805 g/mol. The first-order chi connectivity index (χ1) is 24.2. The number of anilines is 2. The molecule has 26 nitrogen and oxygen atoms in total. The molecule has 2 saturated heterocycles. The van der Waals surface area contributed by atoms with Crippen LogP contribution in [0.15, 0.2) is 17.4 Å². The predicted octanol–water partition coefficient (Wildman–Crippen LogP) is -2.70. The molecule has 5 unspecified atom stereocenters. The van der Waals surface area contributed by atoms with Crippen LogP contribution in [0.4, 0.5) is 11.9 Å². The Hall–Kier alpha value is -2.75. The summed E-state index contributed by atoms with van der Waals surface area (Å²) in [5.41, 5.74) is 10.3. The lowest BCUT2D eigenvalue weighted by atomic mass is 10.1. The molecule has 6 heterocycles. The smallest absolute Gasteiger partial charge is 0.487 e. The second-order valence-electron chi connectivity index (χ2n) is 11.2. The van der Waals surface area contributed by atoms with Gasteiger partial charge in [0.15, 0.2) is 17.4 Å². The number of imidazole rings is 2. The quantitative estimate of drug-likeness (QED) is 0.0511. The van der Waals surface area contributed by atoms with Crippen molar-refractivity contribution in [3.8, 4) is 5.88 Å². The van der Waals surface area contributed by atoms with Gasteiger partial charge in [-0.3, -0.25) is 14.3 Å². The van der Waals surface area contributed by atoms with Crippen LogP contribution in [0.1, 0.15) is 12.5 Å². The first-order valence-corrected chi connectivity index (χ1v) is 22.2. The summed E-state index contributed by atoms with van der Waals surface area (Å²) in [5, 5.41) is 52.5. The van der Waals surface area contributed by atoms with E-state index in [9.17, 15) is 58.7 Å². The largest absolute Gasteiger partial charge is 0.490 e. The average molecular weight is 836 g/mol. The van der Waals surface area contributed by atoms with Gasteiger partial charge in [0.25, 0.3) is 22.6 Å². The molecule has 0 bridgehead atoms. The van der Waals surface area contributed by atoms with E-state index in [1.807, 2.05) is 0 Å². The van der Waals surface area contributed by atoms with Crippen LogP contribution in [0.3, 0.4) is 0 Å². The Bertz CT molecular complexity index is 2230. The molecule has 2 aliphatic heterocycles. The molecule has 11 atom stereocenters. The standard InChI is InChI=1S/C21H29N10O16P3S2/c1-29-5-31(15-9(29)17(37)28-21(23)26-15)19-13(35)11(33)7(45-19)3-52-50(42,43)47-48(38,39)46-49(40,41)51-2-6-10(32)12(34)18(44-6)30-4-24-8-14(30)25-20(22)27-16(8)36/h4-7,10-13,18-19,32-35H,2-3H2,1H3,(H8-,22,23,25,26,27,28,36,37,38,39,40,41,42,43)/p+1/t6-,7-,10?,11+,12?,13+,18-,19-/m1/s1. The highest BCUT2D eigenvalue weighted by atomic mass is 32.7. The van der Waals surface area contributed by atoms with Gasteiger partial charge in [0.2, 0.25) is 24.5 Å². The number of aliphatic hydroxyl groups excluding tert-OH is 4. The fraction of sp³-hybridized carbons (Fsp3) is 0.524. The van der Waals surface area contributed by atoms with Crippen molar-refractivity contribution in [2.24, 2.45) is 7.05 Å². The highest BCUT2D eigenvalue weighted by molar-refractivity contribution is 8.56. The Morgan fingerprint density at radius 2 is 1.42 bits per heavy atom. The normalized spacial score (nSPS) is 30.1. The van der Waals surface area contributed by atoms with Crippen LogP contribution in [0.2, 0.25) is 0 Å². The van der Waals surface area contributed by atoms with Crippen LogP contribution in [-0.4, -0.2) is 122 Å². The number of phosphoric acid groups is 1. The first-order valence-electron chi connectivity index (χ1n) is 14.4.